The van der Waals surface area contributed by atoms with Crippen LogP contribution < -0.4 is 0 Å². The maximum atomic E-state index is 13.8. The fourth-order valence-corrected chi connectivity index (χ4v) is 2.79. The van der Waals surface area contributed by atoms with Gasteiger partial charge < -0.3 is 5.11 Å². The molecule has 1 aliphatic heterocycles. The lowest BCUT2D eigenvalue weighted by molar-refractivity contribution is -0.146. The van der Waals surface area contributed by atoms with Crippen LogP contribution in [0.1, 0.15) is 25.5 Å². The average Bonchev–Trinajstić information content (AvgIpc) is 2.29. The van der Waals surface area contributed by atoms with E-state index in [2.05, 4.69) is 20.8 Å². The molecule has 2 atom stereocenters. The summed E-state index contributed by atoms with van der Waals surface area (Å²) in [6.07, 6.45) is 0. The number of rotatable bonds is 4. The molecule has 5 heteroatoms. The first-order valence-corrected chi connectivity index (χ1v) is 7.11. The Morgan fingerprint density at radius 3 is 2.68 bits per heavy atom. The van der Waals surface area contributed by atoms with Gasteiger partial charge in [-0.3, -0.25) is 9.69 Å². The Hall–Kier alpha value is -0.940. The molecule has 0 radical (unpaired) electrons. The van der Waals surface area contributed by atoms with Crippen molar-refractivity contribution < 1.29 is 14.3 Å². The van der Waals surface area contributed by atoms with Crippen molar-refractivity contribution in [2.75, 3.05) is 13.1 Å². The van der Waals surface area contributed by atoms with Gasteiger partial charge in [0.05, 0.1) is 5.92 Å². The molecule has 0 amide bonds. The van der Waals surface area contributed by atoms with Crippen molar-refractivity contribution in [3.63, 3.8) is 0 Å². The van der Waals surface area contributed by atoms with Gasteiger partial charge in [-0.1, -0.05) is 22.9 Å². The average molecular weight is 330 g/mol. The first kappa shape index (κ1) is 14.5. The van der Waals surface area contributed by atoms with Crippen LogP contribution in [0.4, 0.5) is 4.39 Å². The smallest absolute Gasteiger partial charge is 0.306 e. The molecule has 0 bridgehead atoms. The zero-order valence-corrected chi connectivity index (χ0v) is 12.5. The molecular formula is C14H17BrFNO2. The van der Waals surface area contributed by atoms with Gasteiger partial charge in [-0.25, -0.2) is 4.39 Å². The number of benzene rings is 1. The van der Waals surface area contributed by atoms with E-state index < -0.39 is 5.97 Å². The van der Waals surface area contributed by atoms with Crippen LogP contribution in [0, 0.1) is 17.7 Å². The minimum atomic E-state index is -0.758. The number of carboxylic acid groups (broad SMARTS) is 1. The van der Waals surface area contributed by atoms with Crippen LogP contribution in [0.25, 0.3) is 0 Å². The van der Waals surface area contributed by atoms with E-state index in [1.807, 2.05) is 6.92 Å². The third-order valence-electron chi connectivity index (χ3n) is 3.99. The third kappa shape index (κ3) is 2.98. The van der Waals surface area contributed by atoms with Crippen molar-refractivity contribution in [3.05, 3.63) is 34.1 Å². The summed E-state index contributed by atoms with van der Waals surface area (Å²) in [5.41, 5.74) is 0.649. The topological polar surface area (TPSA) is 40.5 Å². The number of hydrogen-bond acceptors (Lipinski definition) is 2. The minimum Gasteiger partial charge on any atom is -0.481 e. The van der Waals surface area contributed by atoms with E-state index in [0.29, 0.717) is 18.7 Å². The molecule has 1 aromatic carbocycles. The number of nitrogens with zero attached hydrogens (tertiary/aromatic N) is 1. The van der Waals surface area contributed by atoms with Crippen LogP contribution in [0.5, 0.6) is 0 Å². The Labute approximate surface area is 120 Å². The first-order chi connectivity index (χ1) is 8.90. The maximum Gasteiger partial charge on any atom is 0.306 e. The summed E-state index contributed by atoms with van der Waals surface area (Å²) in [7, 11) is 0. The van der Waals surface area contributed by atoms with Gasteiger partial charge in [0, 0.05) is 29.2 Å². The molecule has 19 heavy (non-hydrogen) atoms. The van der Waals surface area contributed by atoms with Crippen LogP contribution in [-0.4, -0.2) is 29.1 Å². The molecular weight excluding hydrogens is 313 g/mol. The van der Waals surface area contributed by atoms with Crippen molar-refractivity contribution in [2.45, 2.75) is 19.9 Å². The molecule has 1 N–H and O–H groups in total. The van der Waals surface area contributed by atoms with Gasteiger partial charge in [0.2, 0.25) is 0 Å². The number of aliphatic carboxylic acids is 1. The van der Waals surface area contributed by atoms with Crippen LogP contribution in [0.15, 0.2) is 22.7 Å². The van der Waals surface area contributed by atoms with Crippen molar-refractivity contribution in [1.82, 2.24) is 4.90 Å². The largest absolute Gasteiger partial charge is 0.481 e. The molecule has 0 saturated carbocycles. The van der Waals surface area contributed by atoms with E-state index in [-0.39, 0.29) is 23.7 Å². The summed E-state index contributed by atoms with van der Waals surface area (Å²) in [6, 6.07) is 4.88. The van der Waals surface area contributed by atoms with Crippen LogP contribution in [0.2, 0.25) is 0 Å². The Balaban J connectivity index is 2.01. The maximum absolute atomic E-state index is 13.8. The normalized spacial score (nSPS) is 19.8. The predicted molar refractivity (Wildman–Crippen MR) is 74.4 cm³/mol. The summed E-state index contributed by atoms with van der Waals surface area (Å²) in [4.78, 5) is 13.0. The van der Waals surface area contributed by atoms with Gasteiger partial charge >= 0.3 is 5.97 Å². The molecule has 1 aromatic rings. The molecule has 0 aliphatic carbocycles. The number of carboxylic acids is 1. The van der Waals surface area contributed by atoms with Gasteiger partial charge in [0.15, 0.2) is 0 Å². The molecule has 2 unspecified atom stereocenters. The van der Waals surface area contributed by atoms with Crippen molar-refractivity contribution in [3.8, 4) is 0 Å². The van der Waals surface area contributed by atoms with E-state index in [9.17, 15) is 9.18 Å². The van der Waals surface area contributed by atoms with E-state index >= 15 is 0 Å². The second kappa shape index (κ2) is 5.59. The first-order valence-electron chi connectivity index (χ1n) is 6.32. The highest BCUT2D eigenvalue weighted by Crippen LogP contribution is 2.34. The van der Waals surface area contributed by atoms with Gasteiger partial charge in [0.25, 0.3) is 0 Å². The highest BCUT2D eigenvalue weighted by molar-refractivity contribution is 9.10. The molecule has 3 nitrogen and oxygen atoms in total. The van der Waals surface area contributed by atoms with E-state index in [4.69, 9.17) is 5.11 Å². The lowest BCUT2D eigenvalue weighted by Gasteiger charge is -2.45. The minimum absolute atomic E-state index is 0.0326. The zero-order chi connectivity index (χ0) is 14.2. The molecule has 2 rings (SSSR count). The van der Waals surface area contributed by atoms with E-state index in [1.54, 1.807) is 19.1 Å². The van der Waals surface area contributed by atoms with Gasteiger partial charge in [-0.15, -0.1) is 0 Å². The number of carbonyl (C=O) groups is 1. The second-order valence-corrected chi connectivity index (χ2v) is 6.10. The second-order valence-electron chi connectivity index (χ2n) is 5.18. The molecule has 1 aliphatic rings. The quantitative estimate of drug-likeness (QED) is 0.921. The number of likely N-dealkylation sites (tertiary alicyclic amines) is 1. The molecule has 1 saturated heterocycles. The monoisotopic (exact) mass is 329 g/mol. The summed E-state index contributed by atoms with van der Waals surface area (Å²) < 4.78 is 14.6. The van der Waals surface area contributed by atoms with Gasteiger partial charge in [-0.05, 0) is 31.0 Å². The number of halogens is 2. The Morgan fingerprint density at radius 1 is 1.47 bits per heavy atom. The third-order valence-corrected chi connectivity index (χ3v) is 4.48. The highest BCUT2D eigenvalue weighted by Gasteiger charge is 2.37. The Kier molecular flexibility index (Phi) is 4.26. The molecule has 104 valence electrons. The lowest BCUT2D eigenvalue weighted by atomic mass is 9.85. The van der Waals surface area contributed by atoms with E-state index in [1.165, 1.54) is 6.07 Å². The molecule has 1 fully saturated rings. The van der Waals surface area contributed by atoms with Crippen molar-refractivity contribution in [1.29, 1.82) is 0 Å². The Bertz CT molecular complexity index is 488. The predicted octanol–water partition coefficient (Wildman–Crippen LogP) is 3.30. The standard InChI is InChI=1S/C14H17BrFNO2/c1-8(14(18)19)10-6-17(7-10)9(2)12-5-11(15)3-4-13(12)16/h3-5,8-10H,6-7H2,1-2H3,(H,18,19). The SMILES string of the molecule is CC(C(=O)O)C1CN(C(C)c2cc(Br)ccc2F)C1. The molecule has 0 aromatic heterocycles. The fraction of sp³-hybridized carbons (Fsp3) is 0.500. The van der Waals surface area contributed by atoms with Crippen LogP contribution >= 0.6 is 15.9 Å². The molecule has 1 heterocycles. The van der Waals surface area contributed by atoms with Crippen LogP contribution in [-0.2, 0) is 4.79 Å². The Morgan fingerprint density at radius 2 is 2.11 bits per heavy atom. The fourth-order valence-electron chi connectivity index (χ4n) is 2.41. The lowest BCUT2D eigenvalue weighted by Crippen LogP contribution is -2.51. The summed E-state index contributed by atoms with van der Waals surface area (Å²) >= 11 is 3.34. The van der Waals surface area contributed by atoms with Gasteiger partial charge in [-0.2, -0.15) is 0 Å². The van der Waals surface area contributed by atoms with Crippen molar-refractivity contribution >= 4 is 21.9 Å². The summed E-state index contributed by atoms with van der Waals surface area (Å²) in [5, 5.41) is 8.96. The zero-order valence-electron chi connectivity index (χ0n) is 10.9. The summed E-state index contributed by atoms with van der Waals surface area (Å²) in [6.45, 7) is 5.10. The highest BCUT2D eigenvalue weighted by atomic mass is 79.9. The van der Waals surface area contributed by atoms with Gasteiger partial charge in [0.1, 0.15) is 5.82 Å². The summed E-state index contributed by atoms with van der Waals surface area (Å²) in [5.74, 6) is -1.15. The van der Waals surface area contributed by atoms with Crippen molar-refractivity contribution in [2.24, 2.45) is 11.8 Å². The molecule has 0 spiro atoms. The van der Waals surface area contributed by atoms with Crippen LogP contribution in [0.3, 0.4) is 0 Å². The number of hydrogen-bond donors (Lipinski definition) is 1. The van der Waals surface area contributed by atoms with E-state index in [0.717, 1.165) is 4.47 Å².